The maximum absolute atomic E-state index is 13.6. The molecule has 4 aromatic carbocycles. The number of sulfonamides is 1. The van der Waals surface area contributed by atoms with Gasteiger partial charge < -0.3 is 25.4 Å². The number of carbonyl (C=O) groups is 2. The van der Waals surface area contributed by atoms with Gasteiger partial charge >= 0.3 is 12.0 Å². The molecule has 2 amide bonds. The third-order valence-corrected chi connectivity index (χ3v) is 7.59. The van der Waals surface area contributed by atoms with E-state index in [2.05, 4.69) is 0 Å². The van der Waals surface area contributed by atoms with Gasteiger partial charge in [-0.25, -0.2) is 23.1 Å². The largest absolute Gasteiger partial charge is 0.508 e. The number of primary amides is 1. The molecule has 196 valence electrons. The minimum absolute atomic E-state index is 0.0340. The average Bonchev–Trinajstić information content (AvgIpc) is 3.17. The lowest BCUT2D eigenvalue weighted by Gasteiger charge is -2.36. The maximum Gasteiger partial charge on any atom is 0.342 e. The second-order valence-corrected chi connectivity index (χ2v) is 10.5. The minimum Gasteiger partial charge on any atom is -0.508 e. The number of phenols is 2. The molecule has 0 atom stereocenters. The lowest BCUT2D eigenvalue weighted by Crippen LogP contribution is -2.33. The minimum atomic E-state index is -3.99. The number of rotatable bonds is 3. The van der Waals surface area contributed by atoms with Crippen molar-refractivity contribution in [3.8, 4) is 23.0 Å². The van der Waals surface area contributed by atoms with Crippen molar-refractivity contribution in [2.24, 2.45) is 10.9 Å². The highest BCUT2D eigenvalue weighted by Crippen LogP contribution is 2.58. The summed E-state index contributed by atoms with van der Waals surface area (Å²) < 4.78 is 35.4. The number of hydrogen-bond donors (Lipinski definition) is 4. The molecule has 11 nitrogen and oxygen atoms in total. The van der Waals surface area contributed by atoms with Gasteiger partial charge in [0.05, 0.1) is 21.8 Å². The van der Waals surface area contributed by atoms with Gasteiger partial charge in [0.25, 0.3) is 0 Å². The molecule has 12 heteroatoms. The number of aromatic hydroxyl groups is 2. The van der Waals surface area contributed by atoms with Gasteiger partial charge in [0.15, 0.2) is 5.60 Å². The van der Waals surface area contributed by atoms with E-state index in [0.717, 1.165) is 4.90 Å². The molecule has 2 aliphatic heterocycles. The zero-order chi connectivity index (χ0) is 27.7. The summed E-state index contributed by atoms with van der Waals surface area (Å²) in [6.45, 7) is 0. The number of fused-ring (bicyclic) bond motifs is 6. The molecule has 2 aliphatic rings. The molecule has 39 heavy (non-hydrogen) atoms. The first-order chi connectivity index (χ1) is 18.5. The molecule has 0 fully saturated rings. The number of hydrogen-bond acceptors (Lipinski definition) is 8. The summed E-state index contributed by atoms with van der Waals surface area (Å²) in [5, 5.41) is 25.4. The second-order valence-electron chi connectivity index (χ2n) is 8.95. The van der Waals surface area contributed by atoms with Crippen LogP contribution in [-0.2, 0) is 20.4 Å². The third kappa shape index (κ3) is 3.57. The highest BCUT2D eigenvalue weighted by atomic mass is 32.2. The molecule has 0 unspecified atom stereocenters. The molecule has 1 spiro atoms. The highest BCUT2D eigenvalue weighted by molar-refractivity contribution is 7.89. The van der Waals surface area contributed by atoms with Gasteiger partial charge in [0.2, 0.25) is 10.0 Å². The van der Waals surface area contributed by atoms with E-state index in [1.165, 1.54) is 54.6 Å². The summed E-state index contributed by atoms with van der Waals surface area (Å²) in [6, 6.07) is 17.6. The molecule has 4 aromatic rings. The number of benzene rings is 4. The van der Waals surface area contributed by atoms with Crippen molar-refractivity contribution >= 4 is 33.4 Å². The van der Waals surface area contributed by atoms with E-state index in [1.54, 1.807) is 24.3 Å². The fourth-order valence-electron chi connectivity index (χ4n) is 5.09. The molecule has 6 N–H and O–H groups in total. The van der Waals surface area contributed by atoms with Crippen LogP contribution in [-0.4, -0.2) is 30.6 Å². The van der Waals surface area contributed by atoms with Crippen molar-refractivity contribution < 1.29 is 37.7 Å². The van der Waals surface area contributed by atoms with Crippen LogP contribution in [0.4, 0.5) is 16.2 Å². The van der Waals surface area contributed by atoms with Gasteiger partial charge in [-0.3, -0.25) is 4.90 Å². The number of phenolic OH excluding ortho intramolecular Hbond substituents is 2. The van der Waals surface area contributed by atoms with Crippen LogP contribution in [0.2, 0.25) is 0 Å². The van der Waals surface area contributed by atoms with Gasteiger partial charge in [-0.15, -0.1) is 0 Å². The zero-order valence-corrected chi connectivity index (χ0v) is 20.7. The first kappa shape index (κ1) is 24.3. The van der Waals surface area contributed by atoms with E-state index >= 15 is 0 Å². The first-order valence-corrected chi connectivity index (χ1v) is 13.0. The Morgan fingerprint density at radius 2 is 1.44 bits per heavy atom. The molecule has 0 bridgehead atoms. The van der Waals surface area contributed by atoms with Crippen LogP contribution in [0.1, 0.15) is 27.0 Å². The van der Waals surface area contributed by atoms with Crippen molar-refractivity contribution in [3.05, 3.63) is 101 Å². The summed E-state index contributed by atoms with van der Waals surface area (Å²) in [6.07, 6.45) is 0. The van der Waals surface area contributed by atoms with Crippen LogP contribution in [0.15, 0.2) is 83.8 Å². The van der Waals surface area contributed by atoms with Crippen molar-refractivity contribution in [2.45, 2.75) is 10.5 Å². The number of nitrogens with zero attached hydrogens (tertiary/aromatic N) is 1. The molecule has 0 aromatic heterocycles. The number of urea groups is 1. The average molecular weight is 546 g/mol. The maximum atomic E-state index is 13.6. The van der Waals surface area contributed by atoms with Gasteiger partial charge in [-0.05, 0) is 54.6 Å². The van der Waals surface area contributed by atoms with Crippen LogP contribution < -0.4 is 20.5 Å². The van der Waals surface area contributed by atoms with Crippen molar-refractivity contribution in [1.29, 1.82) is 0 Å². The van der Waals surface area contributed by atoms with E-state index < -0.39 is 27.6 Å². The van der Waals surface area contributed by atoms with E-state index in [1.807, 2.05) is 0 Å². The molecule has 6 rings (SSSR count). The number of primary sulfonamides is 1. The molecular weight excluding hydrogens is 526 g/mol. The summed E-state index contributed by atoms with van der Waals surface area (Å²) in [5.74, 6) is -0.552. The zero-order valence-electron chi connectivity index (χ0n) is 19.9. The first-order valence-electron chi connectivity index (χ1n) is 11.4. The van der Waals surface area contributed by atoms with Gasteiger partial charge in [-0.2, -0.15) is 0 Å². The Morgan fingerprint density at radius 1 is 0.846 bits per heavy atom. The van der Waals surface area contributed by atoms with Gasteiger partial charge in [-0.1, -0.05) is 12.1 Å². The van der Waals surface area contributed by atoms with Crippen molar-refractivity contribution in [3.63, 3.8) is 0 Å². The number of esters is 1. The van der Waals surface area contributed by atoms with Crippen LogP contribution in [0.3, 0.4) is 0 Å². The van der Waals surface area contributed by atoms with Crippen LogP contribution in [0.5, 0.6) is 23.0 Å². The second kappa shape index (κ2) is 8.21. The van der Waals surface area contributed by atoms with E-state index in [0.29, 0.717) is 16.7 Å². The van der Waals surface area contributed by atoms with Gasteiger partial charge in [0, 0.05) is 28.8 Å². The predicted molar refractivity (Wildman–Crippen MR) is 138 cm³/mol. The fourth-order valence-corrected chi connectivity index (χ4v) is 5.60. The van der Waals surface area contributed by atoms with Crippen molar-refractivity contribution in [1.82, 2.24) is 0 Å². The molecule has 0 radical (unpaired) electrons. The Bertz CT molecular complexity index is 1770. The topological polar surface area (TPSA) is 182 Å². The van der Waals surface area contributed by atoms with E-state index in [-0.39, 0.29) is 44.8 Å². The monoisotopic (exact) mass is 545 g/mol. The van der Waals surface area contributed by atoms with E-state index in [9.17, 15) is 28.2 Å². The Kier molecular flexibility index (Phi) is 5.11. The highest BCUT2D eigenvalue weighted by Gasteiger charge is 2.54. The number of nitrogens with two attached hydrogens (primary N) is 2. The number of ether oxygens (including phenoxy) is 2. The number of anilines is 2. The van der Waals surface area contributed by atoms with Crippen LogP contribution >= 0.6 is 0 Å². The summed E-state index contributed by atoms with van der Waals surface area (Å²) in [5.41, 5.74) is 5.68. The summed E-state index contributed by atoms with van der Waals surface area (Å²) in [7, 11) is -3.99. The SMILES string of the molecule is NC(=O)N(c1ccc(S(N)(=O)=O)cc1)c1cccc2c1C(=O)OC21c2ccc(O)cc2Oc2cc(O)ccc21. The Balaban J connectivity index is 1.60. The Hall–Kier alpha value is -5.07. The fraction of sp³-hybridized carbons (Fsp3) is 0.0370. The summed E-state index contributed by atoms with van der Waals surface area (Å²) in [4.78, 5) is 27.2. The van der Waals surface area contributed by atoms with Crippen LogP contribution in [0.25, 0.3) is 0 Å². The molecule has 2 heterocycles. The molecular formula is C27H19N3O8S. The smallest absolute Gasteiger partial charge is 0.342 e. The Labute approximate surface area is 221 Å². The summed E-state index contributed by atoms with van der Waals surface area (Å²) >= 11 is 0. The lowest BCUT2D eigenvalue weighted by atomic mass is 9.77. The normalized spacial score (nSPS) is 14.5. The third-order valence-electron chi connectivity index (χ3n) is 6.67. The molecule has 0 aliphatic carbocycles. The van der Waals surface area contributed by atoms with E-state index in [4.69, 9.17) is 20.3 Å². The predicted octanol–water partition coefficient (Wildman–Crippen LogP) is 3.53. The van der Waals surface area contributed by atoms with Gasteiger partial charge in [0.1, 0.15) is 23.0 Å². The number of carbonyl (C=O) groups excluding carboxylic acids is 2. The van der Waals surface area contributed by atoms with Crippen molar-refractivity contribution in [2.75, 3.05) is 4.90 Å². The molecule has 0 saturated carbocycles. The standard InChI is InChI=1S/C27H19N3O8S/c28-26(34)30(14-4-8-17(9-5-14)39(29,35)36)21-3-1-2-20-24(21)25(33)38-27(20)18-10-6-15(31)12-22(18)37-23-13-16(32)7-11-19(23)27/h1-13,31-32H,(H2,28,34)(H2,29,35,36). The Morgan fingerprint density at radius 3 is 1.97 bits per heavy atom. The quantitative estimate of drug-likeness (QED) is 0.282. The lowest BCUT2D eigenvalue weighted by molar-refractivity contribution is 0.0224. The molecule has 0 saturated heterocycles. The number of amides is 2. The van der Waals surface area contributed by atoms with Crippen LogP contribution in [0, 0.1) is 0 Å².